The van der Waals surface area contributed by atoms with Crippen molar-refractivity contribution in [1.82, 2.24) is 0 Å². The number of hydrogen-bond donors (Lipinski definition) is 0. The number of esters is 1. The lowest BCUT2D eigenvalue weighted by Crippen LogP contribution is -2.05. The first kappa shape index (κ1) is 20.9. The average molecular weight is 396 g/mol. The normalized spacial score (nSPS) is 11.7. The van der Waals surface area contributed by atoms with Gasteiger partial charge in [0, 0.05) is 0 Å². The van der Waals surface area contributed by atoms with Gasteiger partial charge in [-0.1, -0.05) is 103 Å². The van der Waals surface area contributed by atoms with Gasteiger partial charge < -0.3 is 9.47 Å². The maximum Gasteiger partial charge on any atom is 0.341 e. The smallest absolute Gasteiger partial charge is 0.341 e. The van der Waals surface area contributed by atoms with Crippen molar-refractivity contribution in [3.63, 3.8) is 0 Å². The van der Waals surface area contributed by atoms with Gasteiger partial charge in [-0.25, -0.2) is 4.79 Å². The molecule has 0 aliphatic rings. The third-order valence-corrected chi connectivity index (χ3v) is 4.55. The van der Waals surface area contributed by atoms with Gasteiger partial charge in [0.05, 0.1) is 20.5 Å². The van der Waals surface area contributed by atoms with E-state index in [0.717, 1.165) is 22.3 Å². The molecule has 0 unspecified atom stereocenters. The number of rotatable bonds is 7. The zero-order valence-electron chi connectivity index (χ0n) is 17.1. The van der Waals surface area contributed by atoms with E-state index < -0.39 is 5.97 Å². The number of carbonyl (C=O) groups excluding carboxylic acids is 1. The highest BCUT2D eigenvalue weighted by Crippen LogP contribution is 2.23. The fourth-order valence-electron chi connectivity index (χ4n) is 3.00. The number of benzene rings is 3. The summed E-state index contributed by atoms with van der Waals surface area (Å²) in [6.07, 6.45) is 9.60. The summed E-state index contributed by atoms with van der Waals surface area (Å²) in [4.78, 5) is 12.1. The van der Waals surface area contributed by atoms with Gasteiger partial charge in [0.1, 0.15) is 5.57 Å². The third-order valence-electron chi connectivity index (χ3n) is 4.55. The van der Waals surface area contributed by atoms with E-state index >= 15 is 0 Å². The van der Waals surface area contributed by atoms with Gasteiger partial charge >= 0.3 is 5.97 Å². The van der Waals surface area contributed by atoms with E-state index in [4.69, 9.17) is 9.47 Å². The van der Waals surface area contributed by atoms with Crippen LogP contribution in [0.15, 0.2) is 85.1 Å². The van der Waals surface area contributed by atoms with Gasteiger partial charge in [-0.15, -0.1) is 0 Å². The molecule has 3 aromatic rings. The van der Waals surface area contributed by atoms with E-state index in [-0.39, 0.29) is 0 Å². The van der Waals surface area contributed by atoms with E-state index in [1.807, 2.05) is 54.6 Å². The minimum Gasteiger partial charge on any atom is -0.503 e. The van der Waals surface area contributed by atoms with Crippen LogP contribution in [-0.2, 0) is 14.3 Å². The molecule has 0 saturated heterocycles. The molecule has 3 nitrogen and oxygen atoms in total. The minimum absolute atomic E-state index is 0.377. The van der Waals surface area contributed by atoms with Crippen LogP contribution in [0.3, 0.4) is 0 Å². The molecule has 0 aliphatic carbocycles. The molecule has 30 heavy (non-hydrogen) atoms. The summed E-state index contributed by atoms with van der Waals surface area (Å²) in [7, 11) is 2.87. The predicted octanol–water partition coefficient (Wildman–Crippen LogP) is 6.19. The van der Waals surface area contributed by atoms with Gasteiger partial charge in [-0.3, -0.25) is 0 Å². The summed E-state index contributed by atoms with van der Waals surface area (Å²) in [6.45, 7) is 0. The molecular weight excluding hydrogens is 372 g/mol. The Kier molecular flexibility index (Phi) is 7.39. The van der Waals surface area contributed by atoms with Crippen LogP contribution in [0.2, 0.25) is 0 Å². The van der Waals surface area contributed by atoms with Crippen molar-refractivity contribution in [3.05, 3.63) is 113 Å². The van der Waals surface area contributed by atoms with Crippen molar-refractivity contribution < 1.29 is 14.3 Å². The van der Waals surface area contributed by atoms with Gasteiger partial charge in [0.25, 0.3) is 0 Å². The Morgan fingerprint density at radius 1 is 0.667 bits per heavy atom. The topological polar surface area (TPSA) is 35.5 Å². The molecule has 0 saturated carbocycles. The second-order valence-corrected chi connectivity index (χ2v) is 6.59. The minimum atomic E-state index is -0.438. The summed E-state index contributed by atoms with van der Waals surface area (Å²) in [5.74, 6) is -0.438. The summed E-state index contributed by atoms with van der Waals surface area (Å²) in [6, 6.07) is 26.1. The van der Waals surface area contributed by atoms with Crippen LogP contribution < -0.4 is 0 Å². The van der Waals surface area contributed by atoms with E-state index in [1.165, 1.54) is 26.0 Å². The molecule has 150 valence electrons. The maximum absolute atomic E-state index is 12.1. The highest BCUT2D eigenvalue weighted by molar-refractivity contribution is 6.17. The van der Waals surface area contributed by atoms with Gasteiger partial charge in [-0.2, -0.15) is 0 Å². The second-order valence-electron chi connectivity index (χ2n) is 6.59. The van der Waals surface area contributed by atoms with Crippen molar-refractivity contribution in [2.45, 2.75) is 0 Å². The van der Waals surface area contributed by atoms with Crippen molar-refractivity contribution in [3.8, 4) is 0 Å². The summed E-state index contributed by atoms with van der Waals surface area (Å²) >= 11 is 0. The zero-order valence-corrected chi connectivity index (χ0v) is 17.1. The van der Waals surface area contributed by atoms with Crippen LogP contribution in [0, 0.1) is 0 Å². The highest BCUT2D eigenvalue weighted by Gasteiger charge is 2.15. The van der Waals surface area contributed by atoms with Crippen molar-refractivity contribution >= 4 is 35.8 Å². The summed E-state index contributed by atoms with van der Waals surface area (Å²) in [5.41, 5.74) is 5.40. The molecule has 0 radical (unpaired) electrons. The van der Waals surface area contributed by atoms with Crippen LogP contribution >= 0.6 is 0 Å². The molecule has 0 aliphatic heterocycles. The van der Waals surface area contributed by atoms with Crippen LogP contribution in [0.4, 0.5) is 0 Å². The summed E-state index contributed by atoms with van der Waals surface area (Å²) in [5, 5.41) is 0. The molecule has 0 N–H and O–H groups in total. The number of ether oxygens (including phenoxy) is 2. The second kappa shape index (κ2) is 10.6. The van der Waals surface area contributed by atoms with Gasteiger partial charge in [0.2, 0.25) is 0 Å². The molecule has 0 spiro atoms. The molecule has 0 heterocycles. The molecule has 0 atom stereocenters. The Morgan fingerprint density at radius 3 is 1.80 bits per heavy atom. The highest BCUT2D eigenvalue weighted by atomic mass is 16.5. The van der Waals surface area contributed by atoms with Crippen LogP contribution in [-0.4, -0.2) is 20.2 Å². The number of hydrogen-bond acceptors (Lipinski definition) is 3. The molecule has 3 rings (SSSR count). The first-order valence-corrected chi connectivity index (χ1v) is 9.63. The Hall–Kier alpha value is -3.85. The van der Waals surface area contributed by atoms with Crippen molar-refractivity contribution in [1.29, 1.82) is 0 Å². The molecular formula is C27H24O3. The Labute approximate surface area is 177 Å². The van der Waals surface area contributed by atoms with E-state index in [1.54, 1.807) is 0 Å². The Morgan fingerprint density at radius 2 is 1.20 bits per heavy atom. The monoisotopic (exact) mass is 396 g/mol. The maximum atomic E-state index is 12.1. The van der Waals surface area contributed by atoms with Crippen LogP contribution in [0.25, 0.3) is 29.9 Å². The third kappa shape index (κ3) is 5.58. The first-order chi connectivity index (χ1) is 14.7. The van der Waals surface area contributed by atoms with Crippen molar-refractivity contribution in [2.75, 3.05) is 14.2 Å². The predicted molar refractivity (Wildman–Crippen MR) is 124 cm³/mol. The lowest BCUT2D eigenvalue weighted by atomic mass is 9.99. The average Bonchev–Trinajstić information content (AvgIpc) is 2.81. The fourth-order valence-corrected chi connectivity index (χ4v) is 3.00. The Bertz CT molecular complexity index is 1060. The largest absolute Gasteiger partial charge is 0.503 e. The molecule has 0 aromatic heterocycles. The summed E-state index contributed by atoms with van der Waals surface area (Å²) < 4.78 is 9.96. The van der Waals surface area contributed by atoms with Crippen molar-refractivity contribution in [2.24, 2.45) is 0 Å². The zero-order chi connectivity index (χ0) is 21.2. The number of carbonyl (C=O) groups is 1. The molecule has 3 aromatic carbocycles. The van der Waals surface area contributed by atoms with Crippen LogP contribution in [0.1, 0.15) is 27.8 Å². The Balaban J connectivity index is 1.79. The van der Waals surface area contributed by atoms with E-state index in [0.29, 0.717) is 5.57 Å². The lowest BCUT2D eigenvalue weighted by Gasteiger charge is -2.09. The van der Waals surface area contributed by atoms with E-state index in [9.17, 15) is 4.79 Å². The fraction of sp³-hybridized carbons (Fsp3) is 0.0741. The van der Waals surface area contributed by atoms with Gasteiger partial charge in [0.15, 0.2) is 0 Å². The standard InChI is InChI=1S/C27H24O3/c1-29-20-26(27(28)30-2)25-11-7-6-10-24(25)19-18-23-16-14-22(15-17-23)13-12-21-8-4-3-5-9-21/h3-20H,1-2H3/b13-12+,19-18+,26-20+. The van der Waals surface area contributed by atoms with Gasteiger partial charge in [-0.05, 0) is 27.8 Å². The molecule has 0 amide bonds. The molecule has 3 heteroatoms. The first-order valence-electron chi connectivity index (χ1n) is 9.63. The lowest BCUT2D eigenvalue weighted by molar-refractivity contribution is -0.133. The SMILES string of the molecule is CO/C=C(/C(=O)OC)c1ccccc1/C=C/c1ccc(/C=C/c2ccccc2)cc1. The number of methoxy groups -OCH3 is 2. The van der Waals surface area contributed by atoms with Crippen LogP contribution in [0.5, 0.6) is 0 Å². The quantitative estimate of drug-likeness (QED) is 0.207. The van der Waals surface area contributed by atoms with E-state index in [2.05, 4.69) is 48.6 Å². The molecule has 0 bridgehead atoms. The molecule has 0 fully saturated rings.